The molecule has 0 saturated carbocycles. The van der Waals surface area contributed by atoms with E-state index in [4.69, 9.17) is 10.00 Å². The molecule has 0 unspecified atom stereocenters. The summed E-state index contributed by atoms with van der Waals surface area (Å²) in [6.45, 7) is 3.45. The molecule has 0 atom stereocenters. The van der Waals surface area contributed by atoms with Crippen LogP contribution in [0.1, 0.15) is 18.4 Å². The summed E-state index contributed by atoms with van der Waals surface area (Å²) in [5.41, 5.74) is 3.64. The number of anilines is 2. The standard InChI is InChI=1S/C20H22N4OS/c1-25-14-24-17-4-7-22-12-20(17)26-19-3-2-16(10-18(19)24)13-23-8-5-15(11-21)6-9-23/h2-4,7,10,12,15H,5-6,8-9,13-14H2,1H3. The van der Waals surface area contributed by atoms with Crippen molar-refractivity contribution in [3.8, 4) is 6.07 Å². The first-order chi connectivity index (χ1) is 12.8. The van der Waals surface area contributed by atoms with Gasteiger partial charge in [-0.3, -0.25) is 9.88 Å². The molecule has 0 N–H and O–H groups in total. The Bertz CT molecular complexity index is 827. The van der Waals surface area contributed by atoms with E-state index in [9.17, 15) is 0 Å². The van der Waals surface area contributed by atoms with E-state index < -0.39 is 0 Å². The zero-order chi connectivity index (χ0) is 17.9. The third-order valence-electron chi connectivity index (χ3n) is 5.02. The Balaban J connectivity index is 1.57. The van der Waals surface area contributed by atoms with Crippen LogP contribution in [0.4, 0.5) is 11.4 Å². The van der Waals surface area contributed by atoms with Gasteiger partial charge in [0.15, 0.2) is 0 Å². The number of hydrogen-bond acceptors (Lipinski definition) is 6. The van der Waals surface area contributed by atoms with Gasteiger partial charge in [-0.25, -0.2) is 0 Å². The van der Waals surface area contributed by atoms with Crippen molar-refractivity contribution in [2.45, 2.75) is 29.2 Å². The third-order valence-corrected chi connectivity index (χ3v) is 6.12. The van der Waals surface area contributed by atoms with Gasteiger partial charge in [-0.05, 0) is 49.7 Å². The molecule has 0 amide bonds. The van der Waals surface area contributed by atoms with Crippen LogP contribution in [-0.2, 0) is 11.3 Å². The van der Waals surface area contributed by atoms with E-state index in [0.717, 1.165) is 43.1 Å². The molecule has 26 heavy (non-hydrogen) atoms. The normalized spacial score (nSPS) is 17.5. The minimum Gasteiger partial charge on any atom is -0.364 e. The van der Waals surface area contributed by atoms with Gasteiger partial charge in [0.05, 0.1) is 22.3 Å². The number of aromatic nitrogens is 1. The van der Waals surface area contributed by atoms with Crippen LogP contribution in [0.5, 0.6) is 0 Å². The lowest BCUT2D eigenvalue weighted by atomic mass is 9.98. The number of piperidine rings is 1. The number of ether oxygens (including phenoxy) is 1. The highest BCUT2D eigenvalue weighted by Gasteiger charge is 2.24. The summed E-state index contributed by atoms with van der Waals surface area (Å²) < 4.78 is 5.46. The van der Waals surface area contributed by atoms with Crippen LogP contribution in [0.15, 0.2) is 46.5 Å². The van der Waals surface area contributed by atoms with Gasteiger partial charge in [-0.1, -0.05) is 17.8 Å². The molecule has 2 aromatic rings. The molecule has 6 heteroatoms. The van der Waals surface area contributed by atoms with Crippen molar-refractivity contribution < 1.29 is 4.74 Å². The number of likely N-dealkylation sites (tertiary alicyclic amines) is 1. The maximum absolute atomic E-state index is 9.07. The van der Waals surface area contributed by atoms with Crippen LogP contribution in [0.2, 0.25) is 0 Å². The Morgan fingerprint density at radius 2 is 2.08 bits per heavy atom. The second kappa shape index (κ2) is 7.67. The largest absolute Gasteiger partial charge is 0.364 e. The number of nitrogens with zero attached hydrogens (tertiary/aromatic N) is 4. The summed E-state index contributed by atoms with van der Waals surface area (Å²) in [5.74, 6) is 0.230. The molecule has 5 nitrogen and oxygen atoms in total. The van der Waals surface area contributed by atoms with Crippen LogP contribution in [-0.4, -0.2) is 36.8 Å². The molecule has 3 heterocycles. The van der Waals surface area contributed by atoms with Crippen LogP contribution in [0.25, 0.3) is 0 Å². The highest BCUT2D eigenvalue weighted by Crippen LogP contribution is 2.47. The van der Waals surface area contributed by atoms with E-state index in [-0.39, 0.29) is 5.92 Å². The van der Waals surface area contributed by atoms with Crippen molar-refractivity contribution in [1.29, 1.82) is 5.26 Å². The van der Waals surface area contributed by atoms with Gasteiger partial charge in [0.1, 0.15) is 6.73 Å². The lowest BCUT2D eigenvalue weighted by Crippen LogP contribution is -2.32. The average molecular weight is 366 g/mol. The van der Waals surface area contributed by atoms with Gasteiger partial charge < -0.3 is 9.64 Å². The quantitative estimate of drug-likeness (QED) is 0.814. The van der Waals surface area contributed by atoms with E-state index in [2.05, 4.69) is 39.1 Å². The van der Waals surface area contributed by atoms with Crippen molar-refractivity contribution in [3.63, 3.8) is 0 Å². The maximum atomic E-state index is 9.07. The van der Waals surface area contributed by atoms with Crippen LogP contribution in [0.3, 0.4) is 0 Å². The molecule has 134 valence electrons. The van der Waals surface area contributed by atoms with E-state index in [1.165, 1.54) is 16.1 Å². The minimum atomic E-state index is 0.230. The predicted molar refractivity (Wildman–Crippen MR) is 102 cm³/mol. The van der Waals surface area contributed by atoms with Crippen LogP contribution in [0, 0.1) is 17.2 Å². The molecule has 2 aliphatic rings. The molecule has 0 bridgehead atoms. The van der Waals surface area contributed by atoms with Gasteiger partial charge in [0.2, 0.25) is 0 Å². The fraction of sp³-hybridized carbons (Fsp3) is 0.400. The number of fused-ring (bicyclic) bond motifs is 2. The van der Waals surface area contributed by atoms with Crippen LogP contribution >= 0.6 is 11.8 Å². The highest BCUT2D eigenvalue weighted by atomic mass is 32.2. The molecule has 4 rings (SSSR count). The van der Waals surface area contributed by atoms with Gasteiger partial charge in [-0.2, -0.15) is 5.26 Å². The number of rotatable bonds is 4. The lowest BCUT2D eigenvalue weighted by molar-refractivity contribution is 0.198. The fourth-order valence-electron chi connectivity index (χ4n) is 3.63. The smallest absolute Gasteiger partial charge is 0.123 e. The first-order valence-electron chi connectivity index (χ1n) is 8.91. The van der Waals surface area contributed by atoms with Gasteiger partial charge in [-0.15, -0.1) is 0 Å². The fourth-order valence-corrected chi connectivity index (χ4v) is 4.67. The van der Waals surface area contributed by atoms with Gasteiger partial charge in [0.25, 0.3) is 0 Å². The molecule has 0 spiro atoms. The molecule has 1 saturated heterocycles. The monoisotopic (exact) mass is 366 g/mol. The highest BCUT2D eigenvalue weighted by molar-refractivity contribution is 7.99. The van der Waals surface area contributed by atoms with Gasteiger partial charge >= 0.3 is 0 Å². The van der Waals surface area contributed by atoms with Crippen molar-refractivity contribution >= 4 is 23.1 Å². The summed E-state index contributed by atoms with van der Waals surface area (Å²) in [7, 11) is 1.73. The zero-order valence-electron chi connectivity index (χ0n) is 14.9. The van der Waals surface area contributed by atoms with E-state index >= 15 is 0 Å². The Morgan fingerprint density at radius 3 is 2.85 bits per heavy atom. The Kier molecular flexibility index (Phi) is 5.11. The predicted octanol–water partition coefficient (Wildman–Crippen LogP) is 4.02. The molecule has 0 radical (unpaired) electrons. The maximum Gasteiger partial charge on any atom is 0.123 e. The van der Waals surface area contributed by atoms with Gasteiger partial charge in [0, 0.05) is 36.9 Å². The van der Waals surface area contributed by atoms with Crippen molar-refractivity contribution in [2.75, 3.05) is 31.8 Å². The van der Waals surface area contributed by atoms with Crippen molar-refractivity contribution in [3.05, 3.63) is 42.2 Å². The molecular formula is C20H22N4OS. The van der Waals surface area contributed by atoms with E-state index in [1.54, 1.807) is 18.9 Å². The first kappa shape index (κ1) is 17.3. The van der Waals surface area contributed by atoms with E-state index in [0.29, 0.717) is 6.73 Å². The van der Waals surface area contributed by atoms with Crippen molar-refractivity contribution in [2.24, 2.45) is 5.92 Å². The van der Waals surface area contributed by atoms with Crippen LogP contribution < -0.4 is 4.90 Å². The zero-order valence-corrected chi connectivity index (χ0v) is 15.7. The molecule has 1 fully saturated rings. The molecule has 1 aromatic heterocycles. The lowest BCUT2D eigenvalue weighted by Gasteiger charge is -2.33. The minimum absolute atomic E-state index is 0.230. The second-order valence-corrected chi connectivity index (χ2v) is 7.86. The number of nitriles is 1. The second-order valence-electron chi connectivity index (χ2n) is 6.77. The SMILES string of the molecule is COCN1c2ccncc2Sc2ccc(CN3CCC(C#N)CC3)cc21. The van der Waals surface area contributed by atoms with Crippen molar-refractivity contribution in [1.82, 2.24) is 9.88 Å². The average Bonchev–Trinajstić information content (AvgIpc) is 2.69. The summed E-state index contributed by atoms with van der Waals surface area (Å²) in [6, 6.07) is 11.1. The summed E-state index contributed by atoms with van der Waals surface area (Å²) in [4.78, 5) is 11.3. The Hall–Kier alpha value is -2.07. The third kappa shape index (κ3) is 3.43. The Labute approximate surface area is 158 Å². The number of pyridine rings is 1. The Morgan fingerprint density at radius 1 is 1.23 bits per heavy atom. The number of hydrogen-bond donors (Lipinski definition) is 0. The van der Waals surface area contributed by atoms with E-state index in [1.807, 2.05) is 18.5 Å². The molecular weight excluding hydrogens is 344 g/mol. The molecule has 0 aliphatic carbocycles. The number of benzene rings is 1. The first-order valence-corrected chi connectivity index (χ1v) is 9.73. The number of methoxy groups -OCH3 is 1. The summed E-state index contributed by atoms with van der Waals surface area (Å²) >= 11 is 1.76. The summed E-state index contributed by atoms with van der Waals surface area (Å²) in [6.07, 6.45) is 5.70. The molecule has 2 aliphatic heterocycles. The summed E-state index contributed by atoms with van der Waals surface area (Å²) in [5, 5.41) is 9.07. The molecule has 1 aromatic carbocycles. The topological polar surface area (TPSA) is 52.4 Å².